The van der Waals surface area contributed by atoms with Crippen LogP contribution in [0.4, 0.5) is 5.69 Å². The molecule has 256 valence electrons. The minimum Gasteiger partial charge on any atom is -0.354 e. The van der Waals surface area contributed by atoms with Crippen LogP contribution in [0.5, 0.6) is 0 Å². The zero-order valence-corrected chi connectivity index (χ0v) is 28.2. The number of rotatable bonds is 10. The molecule has 3 aromatic carbocycles. The van der Waals surface area contributed by atoms with Gasteiger partial charge in [-0.15, -0.1) is 0 Å². The molecule has 1 aliphatic carbocycles. The van der Waals surface area contributed by atoms with E-state index in [1.165, 1.54) is 0 Å². The number of carbonyl (C=O) groups excluding carboxylic acids is 4. The lowest BCUT2D eigenvalue weighted by molar-refractivity contribution is -0.130. The molecule has 7 N–H and O–H groups in total. The first-order valence-electron chi connectivity index (χ1n) is 16.9. The molecule has 4 amide bonds. The van der Waals surface area contributed by atoms with Crippen LogP contribution in [0.25, 0.3) is 22.0 Å². The number of hydrogen-bond acceptors (Lipinski definition) is 6. The number of halogens is 1. The molecule has 49 heavy (non-hydrogen) atoms. The number of amides is 4. The highest BCUT2D eigenvalue weighted by atomic mass is 35.5. The molecular weight excluding hydrogens is 642 g/mol. The fourth-order valence-electron chi connectivity index (χ4n) is 6.78. The van der Waals surface area contributed by atoms with Crippen LogP contribution in [0.1, 0.15) is 60.0 Å². The van der Waals surface area contributed by atoms with Gasteiger partial charge in [0, 0.05) is 35.5 Å². The van der Waals surface area contributed by atoms with Crippen LogP contribution in [-0.2, 0) is 20.8 Å². The number of nitrogens with two attached hydrogens (primary N) is 1. The summed E-state index contributed by atoms with van der Waals surface area (Å²) in [4.78, 5) is 52.1. The van der Waals surface area contributed by atoms with Crippen molar-refractivity contribution in [3.63, 3.8) is 0 Å². The largest absolute Gasteiger partial charge is 0.354 e. The van der Waals surface area contributed by atoms with Gasteiger partial charge in [-0.25, -0.2) is 0 Å². The lowest BCUT2D eigenvalue weighted by Crippen LogP contribution is -2.50. The maximum Gasteiger partial charge on any atom is 0.251 e. The topological polar surface area (TPSA) is 171 Å². The van der Waals surface area contributed by atoms with E-state index in [1.807, 2.05) is 43.3 Å². The average Bonchev–Trinajstić information content (AvgIpc) is 3.48. The van der Waals surface area contributed by atoms with Crippen molar-refractivity contribution in [1.82, 2.24) is 26.1 Å². The Bertz CT molecular complexity index is 1850. The molecule has 12 heteroatoms. The number of nitrogens with zero attached hydrogens (tertiary/aromatic N) is 1. The summed E-state index contributed by atoms with van der Waals surface area (Å²) in [5, 5.41) is 19.7. The molecule has 1 saturated carbocycles. The molecule has 4 aromatic rings. The lowest BCUT2D eigenvalue weighted by Gasteiger charge is -2.28. The van der Waals surface area contributed by atoms with Crippen LogP contribution in [0.2, 0.25) is 5.15 Å². The third-order valence-electron chi connectivity index (χ3n) is 9.74. The van der Waals surface area contributed by atoms with Crippen molar-refractivity contribution in [2.75, 3.05) is 18.4 Å². The van der Waals surface area contributed by atoms with Gasteiger partial charge in [0.1, 0.15) is 17.2 Å². The highest BCUT2D eigenvalue weighted by Gasteiger charge is 2.30. The maximum absolute atomic E-state index is 13.7. The first-order chi connectivity index (χ1) is 23.7. The maximum atomic E-state index is 13.7. The van der Waals surface area contributed by atoms with Crippen LogP contribution in [0.3, 0.4) is 0 Å². The third kappa shape index (κ3) is 8.12. The summed E-state index contributed by atoms with van der Waals surface area (Å²) in [6, 6.07) is 17.3. The van der Waals surface area contributed by atoms with E-state index >= 15 is 0 Å². The van der Waals surface area contributed by atoms with Crippen molar-refractivity contribution in [3.8, 4) is 11.1 Å². The van der Waals surface area contributed by atoms with Gasteiger partial charge in [-0.2, -0.15) is 5.10 Å². The Morgan fingerprint density at radius 1 is 1.00 bits per heavy atom. The Morgan fingerprint density at radius 2 is 1.78 bits per heavy atom. The van der Waals surface area contributed by atoms with Crippen molar-refractivity contribution in [2.45, 2.75) is 64.0 Å². The van der Waals surface area contributed by atoms with E-state index in [-0.39, 0.29) is 29.5 Å². The molecular formula is C37H42ClN7O4. The van der Waals surface area contributed by atoms with Gasteiger partial charge in [0.15, 0.2) is 0 Å². The second-order valence-corrected chi connectivity index (χ2v) is 13.5. The van der Waals surface area contributed by atoms with Crippen molar-refractivity contribution in [3.05, 3.63) is 82.5 Å². The molecule has 2 heterocycles. The molecule has 11 nitrogen and oxygen atoms in total. The van der Waals surface area contributed by atoms with Gasteiger partial charge in [-0.1, -0.05) is 41.9 Å². The summed E-state index contributed by atoms with van der Waals surface area (Å²) in [7, 11) is 0. The van der Waals surface area contributed by atoms with E-state index in [0.717, 1.165) is 59.7 Å². The molecule has 0 bridgehead atoms. The van der Waals surface area contributed by atoms with E-state index in [1.54, 1.807) is 24.3 Å². The van der Waals surface area contributed by atoms with Crippen LogP contribution in [0.15, 0.2) is 60.7 Å². The van der Waals surface area contributed by atoms with Gasteiger partial charge in [-0.05, 0) is 110 Å². The number of hydrogen-bond donors (Lipinski definition) is 6. The van der Waals surface area contributed by atoms with Crippen molar-refractivity contribution < 1.29 is 19.2 Å². The SMILES string of the molecule is Cc1cc(C(=O)N[C@H]2CCCNC2=O)ccc1-c1ccc(CC(NC(=O)C2CCC(CN)CC2)C(=O)Nc2ccc3c(Cl)[nH]nc3c2)cc1. The molecule has 1 saturated heterocycles. The Balaban J connectivity index is 1.15. The fraction of sp³-hybridized carbons (Fsp3) is 0.378. The number of H-pyrrole nitrogens is 1. The van der Waals surface area contributed by atoms with Gasteiger partial charge in [0.05, 0.1) is 5.52 Å². The monoisotopic (exact) mass is 683 g/mol. The van der Waals surface area contributed by atoms with Gasteiger partial charge in [-0.3, -0.25) is 24.3 Å². The van der Waals surface area contributed by atoms with Gasteiger partial charge in [0.2, 0.25) is 17.7 Å². The number of nitrogens with one attached hydrogen (secondary N) is 5. The van der Waals surface area contributed by atoms with Crippen LogP contribution in [0, 0.1) is 18.8 Å². The Labute approximate surface area is 290 Å². The molecule has 2 aliphatic rings. The zero-order valence-electron chi connectivity index (χ0n) is 27.5. The highest BCUT2D eigenvalue weighted by molar-refractivity contribution is 6.34. The number of aromatic amines is 1. The average molecular weight is 684 g/mol. The second-order valence-electron chi connectivity index (χ2n) is 13.2. The van der Waals surface area contributed by atoms with Crippen LogP contribution in [-0.4, -0.2) is 59.0 Å². The number of aromatic nitrogens is 2. The molecule has 2 atom stereocenters. The van der Waals surface area contributed by atoms with Crippen molar-refractivity contribution in [1.29, 1.82) is 0 Å². The first kappa shape index (κ1) is 34.1. The summed E-state index contributed by atoms with van der Waals surface area (Å²) in [6.45, 7) is 3.20. The summed E-state index contributed by atoms with van der Waals surface area (Å²) in [5.74, 6) is -0.596. The standard InChI is InChI=1S/C37H42ClN7O4/c1-21-17-26(35(47)42-30-3-2-16-40-36(30)48)12-14-28(21)24-8-4-22(5-9-24)18-32(43-34(46)25-10-6-23(20-39)7-11-25)37(49)41-27-13-15-29-31(19-27)44-45-33(29)38/h4-5,8-9,12-15,17,19,23,25,30,32H,2-3,6-7,10-11,16,18,20,39H2,1H3,(H,40,48)(H,41,49)(H,42,47)(H,43,46)(H,44,45)/t23?,25?,30-,32?/m0/s1. The van der Waals surface area contributed by atoms with E-state index in [9.17, 15) is 19.2 Å². The van der Waals surface area contributed by atoms with Gasteiger partial charge >= 0.3 is 0 Å². The second kappa shape index (κ2) is 15.2. The molecule has 6 rings (SSSR count). The lowest BCUT2D eigenvalue weighted by atomic mass is 9.81. The minimum absolute atomic E-state index is 0.120. The normalized spacial score (nSPS) is 19.9. The summed E-state index contributed by atoms with van der Waals surface area (Å²) in [5.41, 5.74) is 11.2. The van der Waals surface area contributed by atoms with E-state index in [2.05, 4.69) is 31.5 Å². The number of aryl methyl sites for hydroxylation is 1. The van der Waals surface area contributed by atoms with Crippen molar-refractivity contribution in [2.24, 2.45) is 17.6 Å². The smallest absolute Gasteiger partial charge is 0.251 e. The molecule has 0 radical (unpaired) electrons. The molecule has 2 fully saturated rings. The third-order valence-corrected chi connectivity index (χ3v) is 10.0. The summed E-state index contributed by atoms with van der Waals surface area (Å²) in [6.07, 6.45) is 5.06. The summed E-state index contributed by atoms with van der Waals surface area (Å²) < 4.78 is 0. The van der Waals surface area contributed by atoms with Gasteiger partial charge in [0.25, 0.3) is 5.91 Å². The van der Waals surface area contributed by atoms with Crippen LogP contribution < -0.4 is 27.0 Å². The zero-order chi connectivity index (χ0) is 34.5. The number of benzene rings is 3. The Morgan fingerprint density at radius 3 is 2.49 bits per heavy atom. The summed E-state index contributed by atoms with van der Waals surface area (Å²) >= 11 is 6.15. The van der Waals surface area contributed by atoms with Crippen molar-refractivity contribution >= 4 is 51.8 Å². The first-order valence-corrected chi connectivity index (χ1v) is 17.3. The van der Waals surface area contributed by atoms with Crippen LogP contribution >= 0.6 is 11.6 Å². The predicted octanol–water partition coefficient (Wildman–Crippen LogP) is 4.63. The number of piperidine rings is 1. The quantitative estimate of drug-likeness (QED) is 0.142. The Hall–Kier alpha value is -4.74. The molecule has 1 unspecified atom stereocenters. The number of carbonyl (C=O) groups is 4. The van der Waals surface area contributed by atoms with E-state index in [0.29, 0.717) is 53.8 Å². The minimum atomic E-state index is -0.810. The molecule has 1 aromatic heterocycles. The van der Waals surface area contributed by atoms with E-state index < -0.39 is 12.1 Å². The predicted molar refractivity (Wildman–Crippen MR) is 190 cm³/mol. The molecule has 0 spiro atoms. The Kier molecular flexibility index (Phi) is 10.6. The number of anilines is 1. The fourth-order valence-corrected chi connectivity index (χ4v) is 6.98. The highest BCUT2D eigenvalue weighted by Crippen LogP contribution is 2.29. The van der Waals surface area contributed by atoms with Gasteiger partial charge < -0.3 is 27.0 Å². The molecule has 1 aliphatic heterocycles. The van der Waals surface area contributed by atoms with E-state index in [4.69, 9.17) is 17.3 Å². The number of fused-ring (bicyclic) bond motifs is 1.